The van der Waals surface area contributed by atoms with Crippen LogP contribution in [0.3, 0.4) is 0 Å². The van der Waals surface area contributed by atoms with Crippen molar-refractivity contribution in [2.45, 2.75) is 50.6 Å². The van der Waals surface area contributed by atoms with E-state index in [4.69, 9.17) is 11.6 Å². The van der Waals surface area contributed by atoms with Gasteiger partial charge in [0.1, 0.15) is 0 Å². The Morgan fingerprint density at radius 1 is 1.45 bits per heavy atom. The van der Waals surface area contributed by atoms with Gasteiger partial charge in [0.25, 0.3) is 0 Å². The quantitative estimate of drug-likeness (QED) is 0.876. The van der Waals surface area contributed by atoms with E-state index < -0.39 is 0 Å². The van der Waals surface area contributed by atoms with Gasteiger partial charge < -0.3 is 10.2 Å². The number of likely N-dealkylation sites (N-methyl/N-ethyl adjacent to an activating group) is 1. The molecule has 0 aromatic carbocycles. The third kappa shape index (κ3) is 2.74. The molecule has 4 nitrogen and oxygen atoms in total. The Kier molecular flexibility index (Phi) is 5.10. The summed E-state index contributed by atoms with van der Waals surface area (Å²) in [5.74, 6) is 0. The molecule has 0 radical (unpaired) electrons. The minimum atomic E-state index is 0.145. The first-order valence-corrected chi connectivity index (χ1v) is 7.99. The van der Waals surface area contributed by atoms with E-state index in [0.717, 1.165) is 23.7 Å². The Hall–Kier alpha value is -0.580. The number of halogens is 1. The van der Waals surface area contributed by atoms with Gasteiger partial charge in [0, 0.05) is 12.6 Å². The largest absolute Gasteiger partial charge is 0.307 e. The first-order valence-electron chi connectivity index (χ1n) is 7.61. The van der Waals surface area contributed by atoms with Crippen LogP contribution >= 0.6 is 11.6 Å². The molecule has 0 amide bonds. The molecule has 1 heterocycles. The molecule has 0 saturated heterocycles. The van der Waals surface area contributed by atoms with E-state index in [2.05, 4.69) is 36.3 Å². The zero-order valence-electron chi connectivity index (χ0n) is 13.1. The van der Waals surface area contributed by atoms with Gasteiger partial charge in [-0.3, -0.25) is 4.68 Å². The molecule has 1 fully saturated rings. The second-order valence-electron chi connectivity index (χ2n) is 6.09. The van der Waals surface area contributed by atoms with E-state index in [-0.39, 0.29) is 11.6 Å². The molecule has 0 spiro atoms. The van der Waals surface area contributed by atoms with E-state index >= 15 is 0 Å². The third-order valence-electron chi connectivity index (χ3n) is 4.71. The first kappa shape index (κ1) is 15.8. The molecule has 1 aliphatic carbocycles. The van der Waals surface area contributed by atoms with Crippen molar-refractivity contribution >= 4 is 11.6 Å². The maximum absolute atomic E-state index is 6.42. The van der Waals surface area contributed by atoms with Crippen molar-refractivity contribution in [3.05, 3.63) is 16.9 Å². The van der Waals surface area contributed by atoms with Crippen LogP contribution in [-0.2, 0) is 7.05 Å². The Morgan fingerprint density at radius 2 is 2.10 bits per heavy atom. The molecule has 1 saturated carbocycles. The smallest absolute Gasteiger partial charge is 0.0834 e. The topological polar surface area (TPSA) is 33.1 Å². The summed E-state index contributed by atoms with van der Waals surface area (Å²) in [6.07, 6.45) is 7.88. The number of rotatable bonds is 6. The molecule has 1 atom stereocenters. The lowest BCUT2D eigenvalue weighted by atomic mass is 9.84. The first-order chi connectivity index (χ1) is 9.53. The van der Waals surface area contributed by atoms with Gasteiger partial charge in [0.05, 0.1) is 23.0 Å². The second-order valence-corrected chi connectivity index (χ2v) is 6.50. The number of aromatic nitrogens is 2. The van der Waals surface area contributed by atoms with Crippen LogP contribution in [0.5, 0.6) is 0 Å². The van der Waals surface area contributed by atoms with Crippen molar-refractivity contribution in [1.29, 1.82) is 0 Å². The van der Waals surface area contributed by atoms with Gasteiger partial charge in [0.2, 0.25) is 0 Å². The lowest BCUT2D eigenvalue weighted by molar-refractivity contribution is 0.101. The highest BCUT2D eigenvalue weighted by atomic mass is 35.5. The summed E-state index contributed by atoms with van der Waals surface area (Å²) in [7, 11) is 6.37. The summed E-state index contributed by atoms with van der Waals surface area (Å²) in [4.78, 5) is 2.39. The van der Waals surface area contributed by atoms with Crippen molar-refractivity contribution in [3.8, 4) is 0 Å². The van der Waals surface area contributed by atoms with Gasteiger partial charge in [-0.2, -0.15) is 5.10 Å². The summed E-state index contributed by atoms with van der Waals surface area (Å²) in [5, 5.41) is 8.84. The normalized spacial score (nSPS) is 19.7. The molecular weight excluding hydrogens is 272 g/mol. The molecule has 1 unspecified atom stereocenters. The fourth-order valence-corrected chi connectivity index (χ4v) is 3.83. The van der Waals surface area contributed by atoms with E-state index in [9.17, 15) is 0 Å². The number of hydrogen-bond donors (Lipinski definition) is 1. The molecule has 114 valence electrons. The number of nitrogens with zero attached hydrogens (tertiary/aromatic N) is 3. The summed E-state index contributed by atoms with van der Waals surface area (Å²) in [6.45, 7) is 3.20. The van der Waals surface area contributed by atoms with E-state index in [1.807, 2.05) is 11.7 Å². The maximum Gasteiger partial charge on any atom is 0.0834 e. The van der Waals surface area contributed by atoms with Crippen molar-refractivity contribution in [3.63, 3.8) is 0 Å². The Balaban J connectivity index is 2.41. The Morgan fingerprint density at radius 3 is 2.55 bits per heavy atom. The molecule has 0 bridgehead atoms. The highest BCUT2D eigenvalue weighted by Gasteiger charge is 2.45. The van der Waals surface area contributed by atoms with Gasteiger partial charge in [0.15, 0.2) is 0 Å². The summed E-state index contributed by atoms with van der Waals surface area (Å²) >= 11 is 6.42. The van der Waals surface area contributed by atoms with Crippen molar-refractivity contribution in [2.24, 2.45) is 7.05 Å². The average Bonchev–Trinajstić information content (AvgIpc) is 3.01. The molecule has 1 N–H and O–H groups in total. The van der Waals surface area contributed by atoms with E-state index in [1.54, 1.807) is 6.20 Å². The lowest BCUT2D eigenvalue weighted by Gasteiger charge is -2.44. The van der Waals surface area contributed by atoms with Crippen LogP contribution in [-0.4, -0.2) is 40.9 Å². The monoisotopic (exact) mass is 298 g/mol. The van der Waals surface area contributed by atoms with Crippen LogP contribution in [0.25, 0.3) is 0 Å². The molecule has 20 heavy (non-hydrogen) atoms. The molecular formula is C15H27ClN4. The van der Waals surface area contributed by atoms with E-state index in [0.29, 0.717) is 0 Å². The Labute approximate surface area is 127 Å². The highest BCUT2D eigenvalue weighted by Crippen LogP contribution is 2.44. The van der Waals surface area contributed by atoms with Crippen molar-refractivity contribution in [2.75, 3.05) is 20.6 Å². The molecule has 0 aliphatic heterocycles. The van der Waals surface area contributed by atoms with Crippen LogP contribution in [0, 0.1) is 0 Å². The molecule has 1 aromatic heterocycles. The van der Waals surface area contributed by atoms with Crippen LogP contribution in [0.1, 0.15) is 50.8 Å². The summed E-state index contributed by atoms with van der Waals surface area (Å²) < 4.78 is 1.93. The average molecular weight is 299 g/mol. The number of hydrogen-bond acceptors (Lipinski definition) is 3. The van der Waals surface area contributed by atoms with Crippen LogP contribution in [0.15, 0.2) is 6.20 Å². The Bertz CT molecular complexity index is 416. The van der Waals surface area contributed by atoms with Gasteiger partial charge in [-0.15, -0.1) is 0 Å². The fourth-order valence-electron chi connectivity index (χ4n) is 3.56. The summed E-state index contributed by atoms with van der Waals surface area (Å²) in [6, 6.07) is 0.236. The third-order valence-corrected chi connectivity index (χ3v) is 5.00. The SMILES string of the molecule is CCCNC(c1c(Cl)cnn1C)C1(N(C)C)CCCC1. The maximum atomic E-state index is 6.42. The van der Waals surface area contributed by atoms with Gasteiger partial charge in [-0.25, -0.2) is 0 Å². The van der Waals surface area contributed by atoms with Crippen molar-refractivity contribution in [1.82, 2.24) is 20.0 Å². The minimum Gasteiger partial charge on any atom is -0.307 e. The molecule has 2 rings (SSSR count). The van der Waals surface area contributed by atoms with Gasteiger partial charge >= 0.3 is 0 Å². The zero-order chi connectivity index (χ0) is 14.8. The standard InChI is InChI=1S/C15H27ClN4/c1-5-10-17-14(13-12(16)11-18-20(13)4)15(19(2)3)8-6-7-9-15/h11,14,17H,5-10H2,1-4H3. The second kappa shape index (κ2) is 6.46. The van der Waals surface area contributed by atoms with Crippen LogP contribution in [0.4, 0.5) is 0 Å². The van der Waals surface area contributed by atoms with Crippen molar-refractivity contribution < 1.29 is 0 Å². The van der Waals surface area contributed by atoms with Crippen LogP contribution in [0.2, 0.25) is 5.02 Å². The molecule has 1 aliphatic rings. The van der Waals surface area contributed by atoms with Crippen LogP contribution < -0.4 is 5.32 Å². The van der Waals surface area contributed by atoms with Gasteiger partial charge in [-0.1, -0.05) is 31.4 Å². The minimum absolute atomic E-state index is 0.145. The summed E-state index contributed by atoms with van der Waals surface area (Å²) in [5.41, 5.74) is 1.27. The lowest BCUT2D eigenvalue weighted by Crippen LogP contribution is -2.52. The predicted octanol–water partition coefficient (Wildman–Crippen LogP) is 2.99. The molecule has 5 heteroatoms. The zero-order valence-corrected chi connectivity index (χ0v) is 13.9. The molecule has 1 aromatic rings. The number of aryl methyl sites for hydroxylation is 1. The fraction of sp³-hybridized carbons (Fsp3) is 0.800. The highest BCUT2D eigenvalue weighted by molar-refractivity contribution is 6.31. The van der Waals surface area contributed by atoms with E-state index in [1.165, 1.54) is 25.7 Å². The predicted molar refractivity (Wildman–Crippen MR) is 84.1 cm³/mol. The number of nitrogens with one attached hydrogen (secondary N) is 1. The van der Waals surface area contributed by atoms with Gasteiger partial charge in [-0.05, 0) is 39.9 Å².